The Morgan fingerprint density at radius 2 is 2.13 bits per heavy atom. The molecule has 0 atom stereocenters. The van der Waals surface area contributed by atoms with Crippen LogP contribution in [0.3, 0.4) is 0 Å². The molecule has 0 amide bonds. The van der Waals surface area contributed by atoms with Crippen LogP contribution in [-0.4, -0.2) is 18.1 Å². The molecule has 0 radical (unpaired) electrons. The zero-order chi connectivity index (χ0) is 16.4. The van der Waals surface area contributed by atoms with Crippen LogP contribution in [0.25, 0.3) is 11.3 Å². The second-order valence-electron chi connectivity index (χ2n) is 5.46. The number of halogens is 1. The molecule has 0 N–H and O–H groups in total. The maximum Gasteiger partial charge on any atom is 0.339 e. The van der Waals surface area contributed by atoms with Gasteiger partial charge >= 0.3 is 5.97 Å². The summed E-state index contributed by atoms with van der Waals surface area (Å²) >= 11 is 6.06. The summed E-state index contributed by atoms with van der Waals surface area (Å²) in [4.78, 5) is 17.0. The first kappa shape index (κ1) is 15.5. The number of carbonyl (C=O) groups excluding carboxylic acids is 1. The number of esters is 1. The Morgan fingerprint density at radius 3 is 2.83 bits per heavy atom. The van der Waals surface area contributed by atoms with Gasteiger partial charge in [-0.3, -0.25) is 4.98 Å². The number of aromatic nitrogens is 1. The lowest BCUT2D eigenvalue weighted by Crippen LogP contribution is -2.17. The Labute approximate surface area is 139 Å². The Morgan fingerprint density at radius 1 is 1.35 bits per heavy atom. The molecule has 2 aromatic rings. The molecule has 116 valence electrons. The van der Waals surface area contributed by atoms with Gasteiger partial charge in [-0.2, -0.15) is 5.26 Å². The summed E-state index contributed by atoms with van der Waals surface area (Å²) in [5, 5.41) is 10.2. The fourth-order valence-electron chi connectivity index (χ4n) is 3.02. The fourth-order valence-corrected chi connectivity index (χ4v) is 3.21. The van der Waals surface area contributed by atoms with E-state index in [-0.39, 0.29) is 5.56 Å². The van der Waals surface area contributed by atoms with Gasteiger partial charge in [0, 0.05) is 16.3 Å². The number of fused-ring (bicyclic) bond motifs is 1. The minimum Gasteiger partial charge on any atom is -0.465 e. The van der Waals surface area contributed by atoms with Crippen LogP contribution in [0.5, 0.6) is 0 Å². The van der Waals surface area contributed by atoms with E-state index in [1.54, 1.807) is 18.2 Å². The summed E-state index contributed by atoms with van der Waals surface area (Å²) in [5.41, 5.74) is 3.58. The molecule has 3 rings (SSSR count). The van der Waals surface area contributed by atoms with E-state index in [0.717, 1.165) is 42.5 Å². The molecular weight excluding hydrogens is 312 g/mol. The molecule has 1 aromatic heterocycles. The lowest BCUT2D eigenvalue weighted by Gasteiger charge is -2.20. The predicted molar refractivity (Wildman–Crippen MR) is 87.4 cm³/mol. The molecule has 0 saturated heterocycles. The summed E-state index contributed by atoms with van der Waals surface area (Å²) in [6.45, 7) is 0. The topological polar surface area (TPSA) is 63.0 Å². The van der Waals surface area contributed by atoms with E-state index in [4.69, 9.17) is 16.3 Å². The first-order valence-electron chi connectivity index (χ1n) is 7.45. The van der Waals surface area contributed by atoms with Crippen LogP contribution >= 0.6 is 11.6 Å². The van der Waals surface area contributed by atoms with Gasteiger partial charge in [-0.05, 0) is 43.4 Å². The van der Waals surface area contributed by atoms with E-state index in [9.17, 15) is 10.1 Å². The number of benzene rings is 1. The highest BCUT2D eigenvalue weighted by atomic mass is 35.5. The molecular formula is C18H15ClN2O2. The predicted octanol–water partition coefficient (Wildman–Crippen LogP) is 3.94. The van der Waals surface area contributed by atoms with Crippen LogP contribution in [0, 0.1) is 11.3 Å². The van der Waals surface area contributed by atoms with E-state index >= 15 is 0 Å². The standard InChI is InChI=1S/C18H15ClN2O2/c1-23-18(22)16-13-7-2-3-8-15(13)21-17(14(16)10-20)11-5-4-6-12(19)9-11/h4-6,9H,2-3,7-8H2,1H3. The van der Waals surface area contributed by atoms with Crippen LogP contribution in [0.2, 0.25) is 5.02 Å². The molecule has 4 nitrogen and oxygen atoms in total. The Bertz CT molecular complexity index is 825. The summed E-state index contributed by atoms with van der Waals surface area (Å²) in [6, 6.07) is 9.29. The molecule has 0 aliphatic heterocycles. The molecule has 0 saturated carbocycles. The smallest absolute Gasteiger partial charge is 0.339 e. The van der Waals surface area contributed by atoms with Gasteiger partial charge in [-0.15, -0.1) is 0 Å². The van der Waals surface area contributed by atoms with Gasteiger partial charge in [0.2, 0.25) is 0 Å². The van der Waals surface area contributed by atoms with Gasteiger partial charge in [0.05, 0.1) is 23.9 Å². The number of nitrogens with zero attached hydrogens (tertiary/aromatic N) is 2. The average Bonchev–Trinajstić information content (AvgIpc) is 2.59. The van der Waals surface area contributed by atoms with Gasteiger partial charge < -0.3 is 4.74 Å². The monoisotopic (exact) mass is 326 g/mol. The second kappa shape index (κ2) is 6.39. The van der Waals surface area contributed by atoms with Crippen molar-refractivity contribution in [2.45, 2.75) is 25.7 Å². The molecule has 23 heavy (non-hydrogen) atoms. The minimum atomic E-state index is -0.481. The van der Waals surface area contributed by atoms with Gasteiger partial charge in [0.1, 0.15) is 6.07 Å². The molecule has 1 aliphatic carbocycles. The first-order chi connectivity index (χ1) is 11.2. The Kier molecular flexibility index (Phi) is 4.31. The molecule has 0 spiro atoms. The van der Waals surface area contributed by atoms with E-state index in [1.807, 2.05) is 6.07 Å². The lowest BCUT2D eigenvalue weighted by molar-refractivity contribution is 0.0598. The average molecular weight is 327 g/mol. The number of hydrogen-bond acceptors (Lipinski definition) is 4. The highest BCUT2D eigenvalue weighted by Gasteiger charge is 2.27. The van der Waals surface area contributed by atoms with Crippen LogP contribution in [0.15, 0.2) is 24.3 Å². The minimum absolute atomic E-state index is 0.264. The van der Waals surface area contributed by atoms with Crippen molar-refractivity contribution >= 4 is 17.6 Å². The van der Waals surface area contributed by atoms with Crippen molar-refractivity contribution in [3.05, 3.63) is 51.7 Å². The number of carbonyl (C=O) groups is 1. The maximum atomic E-state index is 12.3. The summed E-state index contributed by atoms with van der Waals surface area (Å²) in [5.74, 6) is -0.481. The number of hydrogen-bond donors (Lipinski definition) is 0. The third-order valence-electron chi connectivity index (χ3n) is 4.07. The molecule has 0 fully saturated rings. The van der Waals surface area contributed by atoms with Crippen LogP contribution in [0.1, 0.15) is 40.0 Å². The highest BCUT2D eigenvalue weighted by Crippen LogP contribution is 2.33. The summed E-state index contributed by atoms with van der Waals surface area (Å²) in [6.07, 6.45) is 3.57. The third kappa shape index (κ3) is 2.80. The van der Waals surface area contributed by atoms with Crippen molar-refractivity contribution in [2.75, 3.05) is 7.11 Å². The number of aryl methyl sites for hydroxylation is 1. The number of ether oxygens (including phenoxy) is 1. The van der Waals surface area contributed by atoms with E-state index in [1.165, 1.54) is 7.11 Å². The molecule has 0 unspecified atom stereocenters. The van der Waals surface area contributed by atoms with Crippen molar-refractivity contribution in [1.82, 2.24) is 4.98 Å². The van der Waals surface area contributed by atoms with Gasteiger partial charge in [0.25, 0.3) is 0 Å². The molecule has 1 aliphatic rings. The van der Waals surface area contributed by atoms with Crippen molar-refractivity contribution in [3.63, 3.8) is 0 Å². The van der Waals surface area contributed by atoms with Crippen molar-refractivity contribution in [1.29, 1.82) is 5.26 Å². The van der Waals surface area contributed by atoms with E-state index in [2.05, 4.69) is 11.1 Å². The van der Waals surface area contributed by atoms with Crippen LogP contribution in [-0.2, 0) is 17.6 Å². The molecule has 1 heterocycles. The largest absolute Gasteiger partial charge is 0.465 e. The quantitative estimate of drug-likeness (QED) is 0.784. The fraction of sp³-hybridized carbons (Fsp3) is 0.278. The van der Waals surface area contributed by atoms with Crippen molar-refractivity contribution in [3.8, 4) is 17.3 Å². The number of nitriles is 1. The SMILES string of the molecule is COC(=O)c1c(C#N)c(-c2cccc(Cl)c2)nc2c1CCCC2. The molecule has 5 heteroatoms. The maximum absolute atomic E-state index is 12.3. The van der Waals surface area contributed by atoms with Crippen LogP contribution in [0.4, 0.5) is 0 Å². The number of rotatable bonds is 2. The van der Waals surface area contributed by atoms with Crippen molar-refractivity contribution < 1.29 is 9.53 Å². The van der Waals surface area contributed by atoms with Crippen molar-refractivity contribution in [2.24, 2.45) is 0 Å². The molecule has 1 aromatic carbocycles. The normalized spacial score (nSPS) is 13.1. The highest BCUT2D eigenvalue weighted by molar-refractivity contribution is 6.30. The Balaban J connectivity index is 2.32. The first-order valence-corrected chi connectivity index (χ1v) is 7.83. The summed E-state index contributed by atoms with van der Waals surface area (Å²) in [7, 11) is 1.33. The van der Waals surface area contributed by atoms with Gasteiger partial charge in [0.15, 0.2) is 0 Å². The number of pyridine rings is 1. The van der Waals surface area contributed by atoms with Gasteiger partial charge in [-0.1, -0.05) is 23.7 Å². The number of methoxy groups -OCH3 is 1. The lowest BCUT2D eigenvalue weighted by atomic mass is 9.88. The second-order valence-corrected chi connectivity index (χ2v) is 5.89. The van der Waals surface area contributed by atoms with Gasteiger partial charge in [-0.25, -0.2) is 4.79 Å². The third-order valence-corrected chi connectivity index (χ3v) is 4.31. The molecule has 0 bridgehead atoms. The zero-order valence-corrected chi connectivity index (χ0v) is 13.5. The summed E-state index contributed by atoms with van der Waals surface area (Å²) < 4.78 is 4.92. The zero-order valence-electron chi connectivity index (χ0n) is 12.7. The van der Waals surface area contributed by atoms with Crippen LogP contribution < -0.4 is 0 Å². The van der Waals surface area contributed by atoms with E-state index < -0.39 is 5.97 Å². The Hall–Kier alpha value is -2.38. The van der Waals surface area contributed by atoms with E-state index in [0.29, 0.717) is 16.3 Å².